The molecule has 7 nitrogen and oxygen atoms in total. The van der Waals surface area contributed by atoms with E-state index in [1.165, 1.54) is 13.3 Å². The number of fused-ring (bicyclic) bond motifs is 2. The first-order chi connectivity index (χ1) is 19.0. The van der Waals surface area contributed by atoms with Gasteiger partial charge in [-0.1, -0.05) is 66.7 Å². The van der Waals surface area contributed by atoms with E-state index in [9.17, 15) is 9.59 Å². The summed E-state index contributed by atoms with van der Waals surface area (Å²) in [4.78, 5) is 39.7. The number of benzene rings is 3. The molecule has 1 aliphatic rings. The molecule has 3 aromatic carbocycles. The van der Waals surface area contributed by atoms with Crippen LogP contribution in [0.15, 0.2) is 85.5 Å². The minimum atomic E-state index is -1.21. The van der Waals surface area contributed by atoms with Crippen molar-refractivity contribution < 1.29 is 14.3 Å². The number of aromatic nitrogens is 4. The van der Waals surface area contributed by atoms with Crippen LogP contribution in [0.4, 0.5) is 0 Å². The summed E-state index contributed by atoms with van der Waals surface area (Å²) in [5.74, 6) is -0.632. The molecule has 194 valence electrons. The lowest BCUT2D eigenvalue weighted by atomic mass is 9.81. The van der Waals surface area contributed by atoms with E-state index in [4.69, 9.17) is 9.72 Å². The number of ether oxygens (including phenoxy) is 1. The molecule has 0 saturated heterocycles. The standard InChI is InChI=1S/C32H28N4O3/c1-3-39-31(38)32(21(2)37)16-24-14-26(23-12-8-5-9-13-23)27(15-25(24)17-32)28-29-30(34-19-33-28)35-20-36(29)18-22-10-6-4-7-11-22/h4-15,19-20H,3,16-18H2,1-2H3. The summed E-state index contributed by atoms with van der Waals surface area (Å²) >= 11 is 0. The minimum absolute atomic E-state index is 0.176. The molecule has 39 heavy (non-hydrogen) atoms. The highest BCUT2D eigenvalue weighted by Crippen LogP contribution is 2.44. The van der Waals surface area contributed by atoms with Crippen molar-refractivity contribution in [2.24, 2.45) is 5.41 Å². The lowest BCUT2D eigenvalue weighted by Crippen LogP contribution is -2.40. The number of carbonyl (C=O) groups is 2. The minimum Gasteiger partial charge on any atom is -0.465 e. The normalized spacial score (nSPS) is 16.3. The van der Waals surface area contributed by atoms with Crippen LogP contribution in [0.25, 0.3) is 33.5 Å². The zero-order valence-corrected chi connectivity index (χ0v) is 21.9. The Morgan fingerprint density at radius 1 is 0.897 bits per heavy atom. The van der Waals surface area contributed by atoms with Crippen molar-refractivity contribution in [3.63, 3.8) is 0 Å². The molecule has 0 bridgehead atoms. The lowest BCUT2D eigenvalue weighted by Gasteiger charge is -2.23. The van der Waals surface area contributed by atoms with Crippen molar-refractivity contribution >= 4 is 22.9 Å². The zero-order valence-electron chi connectivity index (χ0n) is 21.9. The van der Waals surface area contributed by atoms with E-state index in [0.29, 0.717) is 25.0 Å². The fourth-order valence-electron chi connectivity index (χ4n) is 5.60. The Morgan fingerprint density at radius 2 is 1.56 bits per heavy atom. The van der Waals surface area contributed by atoms with Crippen LogP contribution < -0.4 is 0 Å². The molecule has 0 aliphatic heterocycles. The van der Waals surface area contributed by atoms with Gasteiger partial charge in [0.1, 0.15) is 28.7 Å². The summed E-state index contributed by atoms with van der Waals surface area (Å²) in [5, 5.41) is 0. The quantitative estimate of drug-likeness (QED) is 0.211. The van der Waals surface area contributed by atoms with Crippen molar-refractivity contribution in [1.29, 1.82) is 0 Å². The van der Waals surface area contributed by atoms with Gasteiger partial charge in [-0.2, -0.15) is 0 Å². The molecule has 5 aromatic rings. The van der Waals surface area contributed by atoms with Crippen LogP contribution in [0.1, 0.15) is 30.5 Å². The lowest BCUT2D eigenvalue weighted by molar-refractivity contribution is -0.159. The van der Waals surface area contributed by atoms with Gasteiger partial charge in [0.15, 0.2) is 5.65 Å². The van der Waals surface area contributed by atoms with Gasteiger partial charge < -0.3 is 9.30 Å². The molecular weight excluding hydrogens is 488 g/mol. The van der Waals surface area contributed by atoms with Gasteiger partial charge in [0.25, 0.3) is 0 Å². The number of ketones is 1. The molecular formula is C32H28N4O3. The van der Waals surface area contributed by atoms with Crippen LogP contribution >= 0.6 is 0 Å². The first kappa shape index (κ1) is 24.7. The average molecular weight is 517 g/mol. The number of carbonyl (C=O) groups excluding carboxylic acids is 2. The maximum atomic E-state index is 13.1. The van der Waals surface area contributed by atoms with Gasteiger partial charge >= 0.3 is 5.97 Å². The fraction of sp³-hybridized carbons (Fsp3) is 0.219. The van der Waals surface area contributed by atoms with E-state index in [1.807, 2.05) is 36.4 Å². The Balaban J connectivity index is 1.55. The monoisotopic (exact) mass is 516 g/mol. The highest BCUT2D eigenvalue weighted by molar-refractivity contribution is 6.04. The van der Waals surface area contributed by atoms with Crippen LogP contribution in [0.3, 0.4) is 0 Å². The largest absolute Gasteiger partial charge is 0.465 e. The van der Waals surface area contributed by atoms with Gasteiger partial charge in [0.2, 0.25) is 0 Å². The third-order valence-corrected chi connectivity index (χ3v) is 7.61. The third kappa shape index (κ3) is 4.30. The van der Waals surface area contributed by atoms with Crippen molar-refractivity contribution in [3.8, 4) is 22.4 Å². The molecule has 7 heteroatoms. The Morgan fingerprint density at radius 3 is 2.23 bits per heavy atom. The van der Waals surface area contributed by atoms with Crippen LogP contribution in [0, 0.1) is 5.41 Å². The number of Topliss-reactive ketones (excluding diaryl/α,β-unsaturated/α-hetero) is 1. The van der Waals surface area contributed by atoms with E-state index in [1.54, 1.807) is 13.3 Å². The van der Waals surface area contributed by atoms with Gasteiger partial charge in [0.05, 0.1) is 12.9 Å². The van der Waals surface area contributed by atoms with Gasteiger partial charge in [-0.05, 0) is 60.6 Å². The summed E-state index contributed by atoms with van der Waals surface area (Å²) in [7, 11) is 0. The number of nitrogens with zero attached hydrogens (tertiary/aromatic N) is 4. The van der Waals surface area contributed by atoms with Crippen molar-refractivity contribution in [2.45, 2.75) is 33.2 Å². The number of imidazole rings is 1. The number of hydrogen-bond acceptors (Lipinski definition) is 6. The topological polar surface area (TPSA) is 87.0 Å². The Bertz CT molecular complexity index is 1700. The van der Waals surface area contributed by atoms with Crippen molar-refractivity contribution in [1.82, 2.24) is 19.5 Å². The van der Waals surface area contributed by atoms with E-state index in [2.05, 4.69) is 50.9 Å². The summed E-state index contributed by atoms with van der Waals surface area (Å²) in [6.07, 6.45) is 3.96. The second-order valence-corrected chi connectivity index (χ2v) is 10.00. The molecule has 0 spiro atoms. The third-order valence-electron chi connectivity index (χ3n) is 7.61. The number of esters is 1. The number of rotatable bonds is 7. The second kappa shape index (κ2) is 9.91. The molecule has 0 N–H and O–H groups in total. The Kier molecular flexibility index (Phi) is 6.27. The second-order valence-electron chi connectivity index (χ2n) is 10.00. The average Bonchev–Trinajstić information content (AvgIpc) is 3.56. The Hall–Kier alpha value is -4.65. The zero-order chi connectivity index (χ0) is 27.0. The highest BCUT2D eigenvalue weighted by Gasteiger charge is 2.49. The van der Waals surface area contributed by atoms with Gasteiger partial charge in [-0.25, -0.2) is 15.0 Å². The predicted octanol–water partition coefficient (Wildman–Crippen LogP) is 5.45. The van der Waals surface area contributed by atoms with Crippen molar-refractivity contribution in [2.75, 3.05) is 6.61 Å². The molecule has 0 radical (unpaired) electrons. The molecule has 1 atom stereocenters. The van der Waals surface area contributed by atoms with E-state index >= 15 is 0 Å². The molecule has 0 amide bonds. The van der Waals surface area contributed by atoms with E-state index < -0.39 is 11.4 Å². The Labute approximate surface area is 226 Å². The number of hydrogen-bond donors (Lipinski definition) is 0. The molecule has 1 aliphatic carbocycles. The molecule has 6 rings (SSSR count). The van der Waals surface area contributed by atoms with Gasteiger partial charge in [-0.3, -0.25) is 9.59 Å². The SMILES string of the molecule is CCOC(=O)C1(C(C)=O)Cc2cc(-c3ccccc3)c(-c3ncnc4ncn(Cc5ccccc5)c34)cc2C1. The summed E-state index contributed by atoms with van der Waals surface area (Å²) in [5.41, 5.74) is 6.97. The van der Waals surface area contributed by atoms with Crippen LogP contribution in [0.2, 0.25) is 0 Å². The molecule has 1 unspecified atom stereocenters. The van der Waals surface area contributed by atoms with Gasteiger partial charge in [0, 0.05) is 12.1 Å². The summed E-state index contributed by atoms with van der Waals surface area (Å²) in [6, 6.07) is 24.5. The van der Waals surface area contributed by atoms with Crippen LogP contribution in [-0.2, 0) is 33.7 Å². The predicted molar refractivity (Wildman–Crippen MR) is 149 cm³/mol. The van der Waals surface area contributed by atoms with Gasteiger partial charge in [-0.15, -0.1) is 0 Å². The maximum Gasteiger partial charge on any atom is 0.320 e. The summed E-state index contributed by atoms with van der Waals surface area (Å²) < 4.78 is 7.45. The van der Waals surface area contributed by atoms with E-state index in [0.717, 1.165) is 44.6 Å². The smallest absolute Gasteiger partial charge is 0.320 e. The van der Waals surface area contributed by atoms with Crippen molar-refractivity contribution in [3.05, 3.63) is 102 Å². The molecule has 0 fully saturated rings. The maximum absolute atomic E-state index is 13.1. The molecule has 2 heterocycles. The molecule has 2 aromatic heterocycles. The molecule has 0 saturated carbocycles. The fourth-order valence-corrected chi connectivity index (χ4v) is 5.60. The summed E-state index contributed by atoms with van der Waals surface area (Å²) in [6.45, 7) is 4.10. The van der Waals surface area contributed by atoms with Crippen LogP contribution in [-0.4, -0.2) is 37.9 Å². The van der Waals surface area contributed by atoms with E-state index in [-0.39, 0.29) is 12.4 Å². The first-order valence-corrected chi connectivity index (χ1v) is 13.1. The first-order valence-electron chi connectivity index (χ1n) is 13.1. The van der Waals surface area contributed by atoms with Crippen LogP contribution in [0.5, 0.6) is 0 Å². The highest BCUT2D eigenvalue weighted by atomic mass is 16.5.